The highest BCUT2D eigenvalue weighted by Crippen LogP contribution is 2.13. The van der Waals surface area contributed by atoms with Crippen molar-refractivity contribution < 1.29 is 4.74 Å². The maximum Gasteiger partial charge on any atom is 0.323 e. The molecule has 0 amide bonds. The second-order valence-corrected chi connectivity index (χ2v) is 5.41. The fourth-order valence-electron chi connectivity index (χ4n) is 1.51. The minimum Gasteiger partial charge on any atom is -0.461 e. The number of nitrogens with one attached hydrogen (secondary N) is 2. The Bertz CT molecular complexity index is 546. The average Bonchev–Trinajstić information content (AvgIpc) is 2.95. The van der Waals surface area contributed by atoms with E-state index < -0.39 is 0 Å². The molecule has 0 saturated heterocycles. The van der Waals surface area contributed by atoms with Crippen LogP contribution < -0.4 is 15.4 Å². The quantitative estimate of drug-likeness (QED) is 0.775. The number of nitrogens with zero attached hydrogens (tertiary/aromatic N) is 4. The molecule has 0 spiro atoms. The zero-order valence-electron chi connectivity index (χ0n) is 12.5. The third kappa shape index (κ3) is 5.14. The first-order valence-corrected chi connectivity index (χ1v) is 7.89. The zero-order valence-corrected chi connectivity index (χ0v) is 13.3. The third-order valence-corrected chi connectivity index (χ3v) is 3.04. The van der Waals surface area contributed by atoms with E-state index in [2.05, 4.69) is 37.5 Å². The van der Waals surface area contributed by atoms with Gasteiger partial charge in [-0.25, -0.2) is 4.98 Å². The fourth-order valence-corrected chi connectivity index (χ4v) is 2.07. The van der Waals surface area contributed by atoms with Crippen molar-refractivity contribution in [3.05, 3.63) is 16.6 Å². The third-order valence-electron chi connectivity index (χ3n) is 2.40. The summed E-state index contributed by atoms with van der Waals surface area (Å²) in [6.07, 6.45) is 1.01. The Morgan fingerprint density at radius 1 is 1.19 bits per heavy atom. The van der Waals surface area contributed by atoms with Crippen molar-refractivity contribution in [2.45, 2.75) is 39.8 Å². The molecular weight excluding hydrogens is 288 g/mol. The topological polar surface area (TPSA) is 84.9 Å². The second-order valence-electron chi connectivity index (χ2n) is 4.69. The number of aromatic nitrogens is 4. The van der Waals surface area contributed by atoms with Gasteiger partial charge in [0.2, 0.25) is 11.9 Å². The summed E-state index contributed by atoms with van der Waals surface area (Å²) < 4.78 is 5.56. The first kappa shape index (κ1) is 15.4. The molecule has 0 aliphatic carbocycles. The molecule has 2 heterocycles. The highest BCUT2D eigenvalue weighted by atomic mass is 32.1. The zero-order chi connectivity index (χ0) is 15.1. The molecule has 114 valence electrons. The van der Waals surface area contributed by atoms with Gasteiger partial charge < -0.3 is 15.4 Å². The van der Waals surface area contributed by atoms with Gasteiger partial charge in [0.25, 0.3) is 0 Å². The highest BCUT2D eigenvalue weighted by Gasteiger charge is 2.09. The lowest BCUT2D eigenvalue weighted by Crippen LogP contribution is -2.14. The van der Waals surface area contributed by atoms with Crippen LogP contribution in [0.1, 0.15) is 32.9 Å². The monoisotopic (exact) mass is 308 g/mol. The van der Waals surface area contributed by atoms with Crippen LogP contribution in [0, 0.1) is 0 Å². The van der Waals surface area contributed by atoms with Gasteiger partial charge in [-0.15, -0.1) is 11.3 Å². The van der Waals surface area contributed by atoms with E-state index in [1.807, 2.05) is 19.2 Å². The summed E-state index contributed by atoms with van der Waals surface area (Å²) >= 11 is 1.56. The fraction of sp³-hybridized carbons (Fsp3) is 0.538. The van der Waals surface area contributed by atoms with Gasteiger partial charge in [0, 0.05) is 11.9 Å². The molecule has 0 atom stereocenters. The lowest BCUT2D eigenvalue weighted by atomic mass is 10.5. The van der Waals surface area contributed by atoms with Crippen LogP contribution in [0.5, 0.6) is 6.01 Å². The smallest absolute Gasteiger partial charge is 0.323 e. The first-order chi connectivity index (χ1) is 10.2. The van der Waals surface area contributed by atoms with E-state index in [4.69, 9.17) is 4.74 Å². The van der Waals surface area contributed by atoms with E-state index >= 15 is 0 Å². The van der Waals surface area contributed by atoms with Gasteiger partial charge in [-0.3, -0.25) is 0 Å². The molecule has 0 bridgehead atoms. The van der Waals surface area contributed by atoms with Crippen molar-refractivity contribution in [3.8, 4) is 6.01 Å². The SMILES string of the molecule is CCCNc1nc(NCc2cscn2)nc(OC(C)C)n1. The maximum atomic E-state index is 5.56. The summed E-state index contributed by atoms with van der Waals surface area (Å²) in [6, 6.07) is 0.319. The van der Waals surface area contributed by atoms with Gasteiger partial charge >= 0.3 is 6.01 Å². The van der Waals surface area contributed by atoms with Crippen molar-refractivity contribution in [3.63, 3.8) is 0 Å². The van der Waals surface area contributed by atoms with Crippen LogP contribution in [0.3, 0.4) is 0 Å². The Kier molecular flexibility index (Phi) is 5.68. The predicted molar refractivity (Wildman–Crippen MR) is 83.8 cm³/mol. The van der Waals surface area contributed by atoms with Crippen molar-refractivity contribution in [1.29, 1.82) is 0 Å². The van der Waals surface area contributed by atoms with Gasteiger partial charge in [0.1, 0.15) is 0 Å². The van der Waals surface area contributed by atoms with Gasteiger partial charge in [-0.1, -0.05) is 6.92 Å². The number of thiazole rings is 1. The van der Waals surface area contributed by atoms with Crippen LogP contribution >= 0.6 is 11.3 Å². The van der Waals surface area contributed by atoms with Gasteiger partial charge in [-0.2, -0.15) is 15.0 Å². The largest absolute Gasteiger partial charge is 0.461 e. The molecule has 2 rings (SSSR count). The minimum atomic E-state index is 0.0119. The van der Waals surface area contributed by atoms with Crippen molar-refractivity contribution in [2.75, 3.05) is 17.2 Å². The normalized spacial score (nSPS) is 10.7. The summed E-state index contributed by atoms with van der Waals surface area (Å²) in [5.74, 6) is 0.996. The molecule has 2 N–H and O–H groups in total. The molecule has 0 aliphatic heterocycles. The molecule has 0 fully saturated rings. The number of ether oxygens (including phenoxy) is 1. The number of hydrogen-bond donors (Lipinski definition) is 2. The molecule has 21 heavy (non-hydrogen) atoms. The molecule has 0 saturated carbocycles. The van der Waals surface area contributed by atoms with E-state index in [0.717, 1.165) is 18.7 Å². The van der Waals surface area contributed by atoms with Crippen LogP contribution in [0.15, 0.2) is 10.9 Å². The molecule has 0 unspecified atom stereocenters. The van der Waals surface area contributed by atoms with Crippen LogP contribution in [0.4, 0.5) is 11.9 Å². The Hall–Kier alpha value is -1.96. The first-order valence-electron chi connectivity index (χ1n) is 6.95. The van der Waals surface area contributed by atoms with E-state index in [1.165, 1.54) is 0 Å². The standard InChI is InChI=1S/C13H20N6OS/c1-4-5-14-11-17-12(15-6-10-7-21-8-16-10)19-13(18-11)20-9(2)3/h7-9H,4-6H2,1-3H3,(H2,14,15,17,18,19). The van der Waals surface area contributed by atoms with E-state index in [0.29, 0.717) is 24.5 Å². The minimum absolute atomic E-state index is 0.0119. The van der Waals surface area contributed by atoms with E-state index in [1.54, 1.807) is 16.8 Å². The van der Waals surface area contributed by atoms with Gasteiger partial charge in [0.05, 0.1) is 23.9 Å². The lowest BCUT2D eigenvalue weighted by Gasteiger charge is -2.11. The lowest BCUT2D eigenvalue weighted by molar-refractivity contribution is 0.222. The molecule has 2 aromatic heterocycles. The van der Waals surface area contributed by atoms with Crippen molar-refractivity contribution >= 4 is 23.2 Å². The van der Waals surface area contributed by atoms with Crippen LogP contribution in [-0.4, -0.2) is 32.6 Å². The van der Waals surface area contributed by atoms with Gasteiger partial charge in [0.15, 0.2) is 0 Å². The maximum absolute atomic E-state index is 5.56. The van der Waals surface area contributed by atoms with Crippen molar-refractivity contribution in [2.24, 2.45) is 0 Å². The molecular formula is C13H20N6OS. The van der Waals surface area contributed by atoms with Crippen LogP contribution in [-0.2, 0) is 6.54 Å². The van der Waals surface area contributed by atoms with Crippen molar-refractivity contribution in [1.82, 2.24) is 19.9 Å². The predicted octanol–water partition coefficient (Wildman–Crippen LogP) is 2.55. The molecule has 0 aliphatic rings. The summed E-state index contributed by atoms with van der Waals surface area (Å²) in [5.41, 5.74) is 2.75. The Morgan fingerprint density at radius 3 is 2.57 bits per heavy atom. The number of hydrogen-bond acceptors (Lipinski definition) is 8. The molecule has 7 nitrogen and oxygen atoms in total. The Balaban J connectivity index is 2.09. The molecule has 0 radical (unpaired) electrons. The van der Waals surface area contributed by atoms with E-state index in [-0.39, 0.29) is 6.10 Å². The van der Waals surface area contributed by atoms with E-state index in [9.17, 15) is 0 Å². The summed E-state index contributed by atoms with van der Waals surface area (Å²) in [4.78, 5) is 17.0. The molecule has 0 aromatic carbocycles. The second kappa shape index (κ2) is 7.72. The van der Waals surface area contributed by atoms with Crippen LogP contribution in [0.25, 0.3) is 0 Å². The summed E-state index contributed by atoms with van der Waals surface area (Å²) in [5, 5.41) is 8.27. The summed E-state index contributed by atoms with van der Waals surface area (Å²) in [7, 11) is 0. The molecule has 2 aromatic rings. The van der Waals surface area contributed by atoms with Crippen LogP contribution in [0.2, 0.25) is 0 Å². The van der Waals surface area contributed by atoms with Gasteiger partial charge in [-0.05, 0) is 20.3 Å². The summed E-state index contributed by atoms with van der Waals surface area (Å²) in [6.45, 7) is 7.33. The number of anilines is 2. The average molecular weight is 308 g/mol. The number of rotatable bonds is 8. The Labute approximate surface area is 128 Å². The Morgan fingerprint density at radius 2 is 1.95 bits per heavy atom. The molecule has 8 heteroatoms. The highest BCUT2D eigenvalue weighted by molar-refractivity contribution is 7.07.